The molecule has 0 saturated carbocycles. The van der Waals surface area contributed by atoms with Crippen molar-refractivity contribution in [1.29, 1.82) is 0 Å². The molecule has 0 aliphatic rings. The molecule has 0 radical (unpaired) electrons. The Morgan fingerprint density at radius 2 is 2.09 bits per heavy atom. The normalized spacial score (nSPS) is 10.6. The Bertz CT molecular complexity index is 884. The van der Waals surface area contributed by atoms with Crippen LogP contribution in [-0.2, 0) is 0 Å². The number of hydrogen-bond acceptors (Lipinski definition) is 3. The topological polar surface area (TPSA) is 42.0 Å². The smallest absolute Gasteiger partial charge is 0.258 e. The third kappa shape index (κ3) is 3.77. The van der Waals surface area contributed by atoms with Crippen molar-refractivity contribution in [2.24, 2.45) is 0 Å². The van der Waals surface area contributed by atoms with Crippen LogP contribution >= 0.6 is 38.9 Å². The van der Waals surface area contributed by atoms with Gasteiger partial charge in [-0.1, -0.05) is 39.7 Å². The predicted molar refractivity (Wildman–Crippen MR) is 94.6 cm³/mol. The van der Waals surface area contributed by atoms with Crippen molar-refractivity contribution in [2.45, 2.75) is 0 Å². The number of aromatic nitrogens is 1. The molecule has 0 unspecified atom stereocenters. The molecule has 0 bridgehead atoms. The second-order valence-corrected chi connectivity index (χ2v) is 6.81. The Morgan fingerprint density at radius 3 is 2.83 bits per heavy atom. The van der Waals surface area contributed by atoms with E-state index in [0.717, 1.165) is 21.8 Å². The van der Waals surface area contributed by atoms with E-state index >= 15 is 0 Å². The Kier molecular flexibility index (Phi) is 4.75. The fraction of sp³-hybridized carbons (Fsp3) is 0. The van der Waals surface area contributed by atoms with Gasteiger partial charge in [0.05, 0.1) is 16.3 Å². The van der Waals surface area contributed by atoms with Crippen molar-refractivity contribution >= 4 is 49.9 Å². The number of nitrogens with zero attached hydrogens (tertiary/aromatic N) is 1. The highest BCUT2D eigenvalue weighted by molar-refractivity contribution is 9.10. The number of nitrogens with one attached hydrogen (secondary N) is 1. The van der Waals surface area contributed by atoms with Crippen LogP contribution in [0.5, 0.6) is 0 Å². The summed E-state index contributed by atoms with van der Waals surface area (Å²) in [5.41, 5.74) is 1.90. The zero-order valence-electron chi connectivity index (χ0n) is 11.5. The Balaban J connectivity index is 1.80. The van der Waals surface area contributed by atoms with Crippen LogP contribution in [0.4, 0.5) is 9.52 Å². The summed E-state index contributed by atoms with van der Waals surface area (Å²) in [5.74, 6) is -0.914. The average molecular weight is 412 g/mol. The molecule has 1 amide bonds. The first-order valence-corrected chi connectivity index (χ1v) is 8.56. The van der Waals surface area contributed by atoms with Gasteiger partial charge in [0.2, 0.25) is 0 Å². The largest absolute Gasteiger partial charge is 0.298 e. The summed E-state index contributed by atoms with van der Waals surface area (Å²) < 4.78 is 14.0. The number of amides is 1. The zero-order chi connectivity index (χ0) is 16.4. The molecule has 1 aromatic heterocycles. The molecule has 0 fully saturated rings. The molecule has 0 atom stereocenters. The van der Waals surface area contributed by atoms with Crippen LogP contribution in [0.2, 0.25) is 5.02 Å². The number of rotatable bonds is 3. The lowest BCUT2D eigenvalue weighted by Crippen LogP contribution is -2.12. The van der Waals surface area contributed by atoms with Crippen molar-refractivity contribution in [3.05, 3.63) is 68.7 Å². The quantitative estimate of drug-likeness (QED) is 0.608. The van der Waals surface area contributed by atoms with Crippen LogP contribution in [-0.4, -0.2) is 10.9 Å². The van der Waals surface area contributed by atoms with Crippen LogP contribution in [0.3, 0.4) is 0 Å². The van der Waals surface area contributed by atoms with Gasteiger partial charge in [0.15, 0.2) is 5.13 Å². The van der Waals surface area contributed by atoms with Gasteiger partial charge in [0.25, 0.3) is 5.91 Å². The molecule has 2 aromatic carbocycles. The first-order valence-electron chi connectivity index (χ1n) is 6.51. The van der Waals surface area contributed by atoms with E-state index in [1.54, 1.807) is 0 Å². The van der Waals surface area contributed by atoms with Crippen LogP contribution in [0.15, 0.2) is 52.3 Å². The molecule has 0 aliphatic carbocycles. The van der Waals surface area contributed by atoms with Crippen molar-refractivity contribution in [1.82, 2.24) is 4.98 Å². The maximum atomic E-state index is 13.0. The number of hydrogen-bond donors (Lipinski definition) is 1. The Morgan fingerprint density at radius 1 is 1.26 bits per heavy atom. The van der Waals surface area contributed by atoms with Crippen LogP contribution in [0.25, 0.3) is 11.3 Å². The number of benzene rings is 2. The third-order valence-electron chi connectivity index (χ3n) is 3.02. The van der Waals surface area contributed by atoms with Crippen molar-refractivity contribution in [2.75, 3.05) is 5.32 Å². The molecular formula is C16H9BrClFN2OS. The lowest BCUT2D eigenvalue weighted by atomic mass is 10.2. The molecule has 116 valence electrons. The first kappa shape index (κ1) is 16.1. The molecule has 3 nitrogen and oxygen atoms in total. The van der Waals surface area contributed by atoms with Gasteiger partial charge in [-0.05, 0) is 30.3 Å². The minimum atomic E-state index is -0.488. The molecule has 3 aromatic rings. The highest BCUT2D eigenvalue weighted by Crippen LogP contribution is 2.27. The minimum Gasteiger partial charge on any atom is -0.298 e. The lowest BCUT2D eigenvalue weighted by Gasteiger charge is -2.04. The summed E-state index contributed by atoms with van der Waals surface area (Å²) >= 11 is 10.6. The molecule has 1 heterocycles. The van der Waals surface area contributed by atoms with Gasteiger partial charge in [-0.3, -0.25) is 10.1 Å². The van der Waals surface area contributed by atoms with Crippen LogP contribution < -0.4 is 5.32 Å². The predicted octanol–water partition coefficient (Wildman–Crippen LogP) is 5.62. The molecule has 1 N–H and O–H groups in total. The molecule has 23 heavy (non-hydrogen) atoms. The first-order chi connectivity index (χ1) is 11.0. The fourth-order valence-electron chi connectivity index (χ4n) is 1.95. The molecule has 7 heteroatoms. The maximum absolute atomic E-state index is 13.0. The highest BCUT2D eigenvalue weighted by atomic mass is 79.9. The van der Waals surface area contributed by atoms with Crippen LogP contribution in [0, 0.1) is 5.82 Å². The van der Waals surface area contributed by atoms with Gasteiger partial charge in [0.1, 0.15) is 5.82 Å². The second kappa shape index (κ2) is 6.78. The van der Waals surface area contributed by atoms with Gasteiger partial charge in [-0.25, -0.2) is 9.37 Å². The SMILES string of the molecule is O=C(Nc1nc(-c2cccc(Br)c2)cs1)c1ccc(F)cc1Cl. The Labute approximate surface area is 149 Å². The van der Waals surface area contributed by atoms with Crippen LogP contribution in [0.1, 0.15) is 10.4 Å². The maximum Gasteiger partial charge on any atom is 0.258 e. The molecule has 3 rings (SSSR count). The zero-order valence-corrected chi connectivity index (χ0v) is 14.7. The van der Waals surface area contributed by atoms with E-state index in [-0.39, 0.29) is 10.6 Å². The summed E-state index contributed by atoms with van der Waals surface area (Å²) in [5, 5.41) is 5.03. The molecule has 0 saturated heterocycles. The van der Waals surface area contributed by atoms with Gasteiger partial charge < -0.3 is 0 Å². The lowest BCUT2D eigenvalue weighted by molar-refractivity contribution is 0.102. The summed E-state index contributed by atoms with van der Waals surface area (Å²) in [6.07, 6.45) is 0. The standard InChI is InChI=1S/C16H9BrClFN2OS/c17-10-3-1-2-9(6-10)14-8-23-16(20-14)21-15(22)12-5-4-11(19)7-13(12)18/h1-8H,(H,20,21,22). The summed E-state index contributed by atoms with van der Waals surface area (Å²) in [6.45, 7) is 0. The molecule has 0 spiro atoms. The van der Waals surface area contributed by atoms with Gasteiger partial charge >= 0.3 is 0 Å². The van der Waals surface area contributed by atoms with Crippen molar-refractivity contribution in [3.8, 4) is 11.3 Å². The van der Waals surface area contributed by atoms with Gasteiger partial charge in [0, 0.05) is 15.4 Å². The number of halogens is 3. The van der Waals surface area contributed by atoms with E-state index in [2.05, 4.69) is 26.2 Å². The van der Waals surface area contributed by atoms with E-state index in [0.29, 0.717) is 5.13 Å². The summed E-state index contributed by atoms with van der Waals surface area (Å²) in [4.78, 5) is 16.6. The highest BCUT2D eigenvalue weighted by Gasteiger charge is 2.13. The van der Waals surface area contributed by atoms with Crippen molar-refractivity contribution in [3.63, 3.8) is 0 Å². The fourth-order valence-corrected chi connectivity index (χ4v) is 3.32. The van der Waals surface area contributed by atoms with Gasteiger partial charge in [-0.15, -0.1) is 11.3 Å². The van der Waals surface area contributed by atoms with E-state index in [1.807, 2.05) is 29.6 Å². The summed E-state index contributed by atoms with van der Waals surface area (Å²) in [6, 6.07) is 11.3. The second-order valence-electron chi connectivity index (χ2n) is 4.63. The third-order valence-corrected chi connectivity index (χ3v) is 4.58. The van der Waals surface area contributed by atoms with Gasteiger partial charge in [-0.2, -0.15) is 0 Å². The van der Waals surface area contributed by atoms with E-state index in [4.69, 9.17) is 11.6 Å². The van der Waals surface area contributed by atoms with Crippen molar-refractivity contribution < 1.29 is 9.18 Å². The van der Waals surface area contributed by atoms with E-state index < -0.39 is 11.7 Å². The Hall–Kier alpha value is -1.76. The molecule has 0 aliphatic heterocycles. The number of carbonyl (C=O) groups is 1. The molecular weight excluding hydrogens is 403 g/mol. The van der Waals surface area contributed by atoms with E-state index in [1.165, 1.54) is 23.5 Å². The monoisotopic (exact) mass is 410 g/mol. The number of carbonyl (C=O) groups excluding carboxylic acids is 1. The average Bonchev–Trinajstić information content (AvgIpc) is 2.95. The number of anilines is 1. The summed E-state index contributed by atoms with van der Waals surface area (Å²) in [7, 11) is 0. The number of thiazole rings is 1. The van der Waals surface area contributed by atoms with E-state index in [9.17, 15) is 9.18 Å². The minimum absolute atomic E-state index is 0.0614.